The van der Waals surface area contributed by atoms with Crippen LogP contribution in [0.25, 0.3) is 6.08 Å². The molecule has 2 aromatic rings. The predicted octanol–water partition coefficient (Wildman–Crippen LogP) is 5.12. The maximum atomic E-state index is 14.0. The number of nitrogens with zero attached hydrogens (tertiary/aromatic N) is 2. The highest BCUT2D eigenvalue weighted by molar-refractivity contribution is 9.10. The zero-order chi connectivity index (χ0) is 23.3. The monoisotopic (exact) mass is 492 g/mol. The third-order valence-corrected chi connectivity index (χ3v) is 7.02. The van der Waals surface area contributed by atoms with Crippen molar-refractivity contribution in [3.8, 4) is 6.07 Å². The number of fused-ring (bicyclic) bond motifs is 3. The van der Waals surface area contributed by atoms with E-state index in [9.17, 15) is 14.9 Å². The Labute approximate surface area is 196 Å². The highest BCUT2D eigenvalue weighted by Gasteiger charge is 2.67. The van der Waals surface area contributed by atoms with Gasteiger partial charge in [-0.15, -0.1) is 0 Å². The smallest absolute Gasteiger partial charge is 0.329 e. The van der Waals surface area contributed by atoms with Crippen molar-refractivity contribution in [3.05, 3.63) is 70.2 Å². The highest BCUT2D eigenvalue weighted by atomic mass is 79.9. The van der Waals surface area contributed by atoms with Crippen LogP contribution in [-0.2, 0) is 14.3 Å². The van der Waals surface area contributed by atoms with Crippen molar-refractivity contribution in [1.29, 1.82) is 5.26 Å². The van der Waals surface area contributed by atoms with Gasteiger partial charge in [0.25, 0.3) is 0 Å². The van der Waals surface area contributed by atoms with Crippen LogP contribution >= 0.6 is 15.9 Å². The molecule has 164 valence electrons. The summed E-state index contributed by atoms with van der Waals surface area (Å²) in [5.41, 5.74) is 0.274. The second-order valence-corrected chi connectivity index (χ2v) is 10.2. The van der Waals surface area contributed by atoms with Crippen LogP contribution in [0.5, 0.6) is 0 Å². The van der Waals surface area contributed by atoms with Crippen molar-refractivity contribution in [2.24, 2.45) is 10.8 Å². The molecule has 0 N–H and O–H groups in total. The number of Topliss-reactive ketones (excluding diaryl/α,β-unsaturated/α-hetero) is 1. The summed E-state index contributed by atoms with van der Waals surface area (Å²) in [5, 5.41) is 10.6. The van der Waals surface area contributed by atoms with E-state index < -0.39 is 34.8 Å². The number of ketones is 1. The van der Waals surface area contributed by atoms with Gasteiger partial charge in [-0.25, -0.2) is 0 Å². The maximum absolute atomic E-state index is 14.0. The average Bonchev–Trinajstić information content (AvgIpc) is 3.09. The third kappa shape index (κ3) is 3.18. The van der Waals surface area contributed by atoms with E-state index in [4.69, 9.17) is 4.74 Å². The number of methoxy groups -OCH3 is 1. The maximum Gasteiger partial charge on any atom is 0.329 e. The van der Waals surface area contributed by atoms with Gasteiger partial charge in [0, 0.05) is 21.5 Å². The van der Waals surface area contributed by atoms with Crippen molar-refractivity contribution in [2.75, 3.05) is 12.0 Å². The fourth-order valence-corrected chi connectivity index (χ4v) is 5.29. The fraction of sp³-hybridized carbons (Fsp3) is 0.346. The number of rotatable bonds is 3. The molecular formula is C26H25BrN2O3. The summed E-state index contributed by atoms with van der Waals surface area (Å²) in [5.74, 6) is -1.36. The molecule has 0 radical (unpaired) electrons. The molecule has 32 heavy (non-hydrogen) atoms. The second kappa shape index (κ2) is 7.90. The van der Waals surface area contributed by atoms with Gasteiger partial charge in [0.05, 0.1) is 25.3 Å². The number of hydrogen-bond donors (Lipinski definition) is 0. The second-order valence-electron chi connectivity index (χ2n) is 9.33. The van der Waals surface area contributed by atoms with Gasteiger partial charge in [-0.05, 0) is 29.3 Å². The summed E-state index contributed by atoms with van der Waals surface area (Å²) in [7, 11) is 1.30. The van der Waals surface area contributed by atoms with Crippen LogP contribution in [0.3, 0.4) is 0 Å². The van der Waals surface area contributed by atoms with Crippen molar-refractivity contribution in [2.45, 2.75) is 38.8 Å². The normalized spacial score (nSPS) is 26.1. The van der Waals surface area contributed by atoms with E-state index >= 15 is 0 Å². The van der Waals surface area contributed by atoms with Crippen LogP contribution in [0.2, 0.25) is 0 Å². The Hall–Kier alpha value is -2.91. The molecule has 0 saturated carbocycles. The molecule has 0 aliphatic carbocycles. The minimum atomic E-state index is -1.59. The molecule has 4 unspecified atom stereocenters. The number of carbonyl (C=O) groups excluding carboxylic acids is 2. The van der Waals surface area contributed by atoms with Crippen LogP contribution in [0.4, 0.5) is 5.69 Å². The highest BCUT2D eigenvalue weighted by Crippen LogP contribution is 2.56. The third-order valence-electron chi connectivity index (χ3n) is 6.49. The fourth-order valence-electron chi connectivity index (χ4n) is 5.02. The summed E-state index contributed by atoms with van der Waals surface area (Å²) >= 11 is 3.46. The molecule has 5 nitrogen and oxygen atoms in total. The number of para-hydroxylation sites is 1. The first-order chi connectivity index (χ1) is 15.2. The van der Waals surface area contributed by atoms with E-state index in [1.165, 1.54) is 7.11 Å². The molecule has 1 saturated heterocycles. The standard InChI is InChI=1S/C26H25BrN2O3/c1-25(2,3)23(30)22-21(17-9-12-18(27)13-10-17)26(15-28,24(31)32-4)20-14-11-16-7-5-6-8-19(16)29(20)22/h5-14,20-22H,1-4H3. The van der Waals surface area contributed by atoms with E-state index in [0.29, 0.717) is 0 Å². The van der Waals surface area contributed by atoms with Gasteiger partial charge in [-0.1, -0.05) is 79.2 Å². The number of anilines is 1. The van der Waals surface area contributed by atoms with Crippen molar-refractivity contribution in [3.63, 3.8) is 0 Å². The Morgan fingerprint density at radius 2 is 1.78 bits per heavy atom. The largest absolute Gasteiger partial charge is 0.468 e. The first-order valence-corrected chi connectivity index (χ1v) is 11.3. The summed E-state index contributed by atoms with van der Waals surface area (Å²) in [6.45, 7) is 5.62. The minimum absolute atomic E-state index is 0.0263. The number of nitriles is 1. The molecule has 4 atom stereocenters. The summed E-state index contributed by atoms with van der Waals surface area (Å²) in [6, 6.07) is 16.2. The number of hydrogen-bond acceptors (Lipinski definition) is 5. The summed E-state index contributed by atoms with van der Waals surface area (Å²) in [6.07, 6.45) is 3.79. The number of benzene rings is 2. The number of carbonyl (C=O) groups is 2. The van der Waals surface area contributed by atoms with E-state index in [1.807, 2.05) is 86.4 Å². The van der Waals surface area contributed by atoms with E-state index in [2.05, 4.69) is 22.0 Å². The Bertz CT molecular complexity index is 1140. The SMILES string of the molecule is COC(=O)C1(C#N)C(c2ccc(Br)cc2)C(C(=O)C(C)(C)C)N2c3ccccc3C=CC21. The van der Waals surface area contributed by atoms with Gasteiger partial charge >= 0.3 is 5.97 Å². The van der Waals surface area contributed by atoms with Gasteiger partial charge in [0.1, 0.15) is 0 Å². The summed E-state index contributed by atoms with van der Waals surface area (Å²) in [4.78, 5) is 29.3. The Balaban J connectivity index is 2.06. The minimum Gasteiger partial charge on any atom is -0.468 e. The zero-order valence-electron chi connectivity index (χ0n) is 18.5. The van der Waals surface area contributed by atoms with Crippen LogP contribution in [0.15, 0.2) is 59.1 Å². The molecule has 2 aliphatic rings. The molecule has 4 rings (SSSR count). The molecule has 6 heteroatoms. The van der Waals surface area contributed by atoms with E-state index in [1.54, 1.807) is 0 Å². The predicted molar refractivity (Wildman–Crippen MR) is 127 cm³/mol. The lowest BCUT2D eigenvalue weighted by molar-refractivity contribution is -0.150. The molecule has 2 aliphatic heterocycles. The number of ether oxygens (including phenoxy) is 1. The average molecular weight is 493 g/mol. The van der Waals surface area contributed by atoms with E-state index in [-0.39, 0.29) is 5.78 Å². The lowest BCUT2D eigenvalue weighted by atomic mass is 9.67. The van der Waals surface area contributed by atoms with Crippen molar-refractivity contribution >= 4 is 39.4 Å². The van der Waals surface area contributed by atoms with Crippen LogP contribution in [0.1, 0.15) is 37.8 Å². The van der Waals surface area contributed by atoms with Crippen molar-refractivity contribution in [1.82, 2.24) is 0 Å². The van der Waals surface area contributed by atoms with E-state index in [0.717, 1.165) is 21.3 Å². The van der Waals surface area contributed by atoms with Crippen LogP contribution < -0.4 is 4.90 Å². The first kappa shape index (κ1) is 22.3. The zero-order valence-corrected chi connectivity index (χ0v) is 20.1. The van der Waals surface area contributed by atoms with Gasteiger partial charge in [-0.3, -0.25) is 9.59 Å². The lowest BCUT2D eigenvalue weighted by Gasteiger charge is -2.37. The quantitative estimate of drug-likeness (QED) is 0.556. The lowest BCUT2D eigenvalue weighted by Crippen LogP contribution is -2.48. The molecule has 0 spiro atoms. The Kier molecular flexibility index (Phi) is 5.50. The number of halogens is 1. The summed E-state index contributed by atoms with van der Waals surface area (Å²) < 4.78 is 6.09. The molecule has 1 fully saturated rings. The Morgan fingerprint density at radius 1 is 1.12 bits per heavy atom. The molecular weight excluding hydrogens is 468 g/mol. The first-order valence-electron chi connectivity index (χ1n) is 10.5. The topological polar surface area (TPSA) is 70.4 Å². The van der Waals surface area contributed by atoms with Gasteiger partial charge in [-0.2, -0.15) is 5.26 Å². The molecule has 2 aromatic carbocycles. The molecule has 0 amide bonds. The van der Waals surface area contributed by atoms with Crippen LogP contribution in [-0.4, -0.2) is 30.9 Å². The molecule has 0 bridgehead atoms. The van der Waals surface area contributed by atoms with Gasteiger partial charge in [0.15, 0.2) is 11.2 Å². The van der Waals surface area contributed by atoms with Crippen molar-refractivity contribution < 1.29 is 14.3 Å². The molecule has 0 aromatic heterocycles. The van der Waals surface area contributed by atoms with Gasteiger partial charge < -0.3 is 9.64 Å². The van der Waals surface area contributed by atoms with Crippen LogP contribution in [0, 0.1) is 22.2 Å². The molecule has 2 heterocycles. The Morgan fingerprint density at radius 3 is 2.38 bits per heavy atom. The number of esters is 1. The van der Waals surface area contributed by atoms with Gasteiger partial charge in [0.2, 0.25) is 0 Å².